The first kappa shape index (κ1) is 43.9. The topological polar surface area (TPSA) is 6.48 Å². The molecule has 65 heavy (non-hydrogen) atoms. The molecule has 4 aliphatic rings. The predicted octanol–water partition coefficient (Wildman–Crippen LogP) is 15.3. The summed E-state index contributed by atoms with van der Waals surface area (Å²) >= 11 is 0. The lowest BCUT2D eigenvalue weighted by Gasteiger charge is -2.48. The molecule has 334 valence electrons. The summed E-state index contributed by atoms with van der Waals surface area (Å²) in [6.45, 7) is 38.7. The lowest BCUT2D eigenvalue weighted by atomic mass is 9.33. The molecule has 0 bridgehead atoms. The van der Waals surface area contributed by atoms with E-state index in [2.05, 4.69) is 224 Å². The number of benzene rings is 6. The summed E-state index contributed by atoms with van der Waals surface area (Å²) in [5.74, 6) is 0. The van der Waals surface area contributed by atoms with Crippen LogP contribution in [0.25, 0.3) is 11.1 Å². The van der Waals surface area contributed by atoms with Gasteiger partial charge in [0.1, 0.15) is 0 Å². The SMILES string of the molecule is Cc1cc2c3c(c1)N(c1ccc(C(C)(C)C)cc1-c1ccccc1)c1cc4c(cc1B3c1ccc(C(C)(C)C)cc1N2c1cc2c(cc1C)C(C)(C)CCC2(C)C)C(C)(C)CCC4(C)C. The van der Waals surface area contributed by atoms with Crippen molar-refractivity contribution >= 4 is 57.2 Å². The highest BCUT2D eigenvalue weighted by Crippen LogP contribution is 2.54. The van der Waals surface area contributed by atoms with Gasteiger partial charge in [-0.2, -0.15) is 0 Å². The van der Waals surface area contributed by atoms with Gasteiger partial charge in [-0.15, -0.1) is 0 Å². The second-order valence-corrected chi connectivity index (χ2v) is 25.4. The summed E-state index contributed by atoms with van der Waals surface area (Å²) in [5, 5.41) is 0. The minimum Gasteiger partial charge on any atom is -0.311 e. The lowest BCUT2D eigenvalue weighted by molar-refractivity contribution is 0.332. The van der Waals surface area contributed by atoms with E-state index in [9.17, 15) is 0 Å². The molecule has 2 aliphatic heterocycles. The van der Waals surface area contributed by atoms with Crippen molar-refractivity contribution in [2.45, 2.75) is 169 Å². The predicted molar refractivity (Wildman–Crippen MR) is 283 cm³/mol. The first-order valence-electron chi connectivity index (χ1n) is 24.7. The maximum Gasteiger partial charge on any atom is 0.252 e. The average molecular weight is 857 g/mol. The Kier molecular flexibility index (Phi) is 9.61. The van der Waals surface area contributed by atoms with Crippen molar-refractivity contribution in [2.24, 2.45) is 0 Å². The van der Waals surface area contributed by atoms with Gasteiger partial charge < -0.3 is 9.80 Å². The highest BCUT2D eigenvalue weighted by atomic mass is 15.2. The fraction of sp³-hybridized carbons (Fsp3) is 0.419. The molecule has 0 aromatic heterocycles. The Morgan fingerprint density at radius 2 is 0.892 bits per heavy atom. The number of rotatable bonds is 3. The Morgan fingerprint density at radius 1 is 0.431 bits per heavy atom. The van der Waals surface area contributed by atoms with Crippen LogP contribution in [-0.2, 0) is 32.5 Å². The second kappa shape index (κ2) is 14.2. The highest BCUT2D eigenvalue weighted by molar-refractivity contribution is 7.00. The second-order valence-electron chi connectivity index (χ2n) is 25.4. The molecule has 3 heteroatoms. The summed E-state index contributed by atoms with van der Waals surface area (Å²) < 4.78 is 0. The van der Waals surface area contributed by atoms with E-state index in [4.69, 9.17) is 0 Å². The molecule has 2 aliphatic carbocycles. The molecule has 0 radical (unpaired) electrons. The van der Waals surface area contributed by atoms with Crippen LogP contribution >= 0.6 is 0 Å². The third kappa shape index (κ3) is 6.87. The van der Waals surface area contributed by atoms with Crippen molar-refractivity contribution in [1.82, 2.24) is 0 Å². The van der Waals surface area contributed by atoms with Crippen molar-refractivity contribution in [3.63, 3.8) is 0 Å². The molecule has 0 saturated carbocycles. The number of anilines is 6. The highest BCUT2D eigenvalue weighted by Gasteiger charge is 2.48. The Morgan fingerprint density at radius 3 is 1.45 bits per heavy atom. The van der Waals surface area contributed by atoms with Crippen LogP contribution in [0.4, 0.5) is 34.1 Å². The van der Waals surface area contributed by atoms with E-state index in [1.165, 1.54) is 132 Å². The van der Waals surface area contributed by atoms with E-state index in [1.807, 2.05) is 0 Å². The zero-order valence-corrected chi connectivity index (χ0v) is 42.6. The van der Waals surface area contributed by atoms with E-state index in [-0.39, 0.29) is 39.2 Å². The molecule has 2 nitrogen and oxygen atoms in total. The monoisotopic (exact) mass is 857 g/mol. The van der Waals surface area contributed by atoms with Gasteiger partial charge in [0, 0.05) is 34.0 Å². The van der Waals surface area contributed by atoms with E-state index in [0.717, 1.165) is 0 Å². The smallest absolute Gasteiger partial charge is 0.252 e. The third-order valence-electron chi connectivity index (χ3n) is 16.7. The van der Waals surface area contributed by atoms with Crippen molar-refractivity contribution in [3.05, 3.63) is 148 Å². The van der Waals surface area contributed by atoms with Crippen molar-refractivity contribution < 1.29 is 0 Å². The van der Waals surface area contributed by atoms with Crippen molar-refractivity contribution in [3.8, 4) is 11.1 Å². The minimum atomic E-state index is -0.0152. The van der Waals surface area contributed by atoms with Crippen LogP contribution < -0.4 is 26.2 Å². The zero-order chi connectivity index (χ0) is 46.6. The van der Waals surface area contributed by atoms with Crippen LogP contribution in [0, 0.1) is 13.8 Å². The molecule has 2 heterocycles. The average Bonchev–Trinajstić information content (AvgIpc) is 3.23. The maximum atomic E-state index is 2.70. The summed E-state index contributed by atoms with van der Waals surface area (Å²) in [7, 11) is 0. The van der Waals surface area contributed by atoms with E-state index in [1.54, 1.807) is 0 Å². The third-order valence-corrected chi connectivity index (χ3v) is 16.7. The number of fused-ring (bicyclic) bond motifs is 6. The first-order valence-corrected chi connectivity index (χ1v) is 24.7. The summed E-state index contributed by atoms with van der Waals surface area (Å²) in [6, 6.07) is 41.5. The van der Waals surface area contributed by atoms with Gasteiger partial charge in [-0.05, 0) is 181 Å². The van der Waals surface area contributed by atoms with E-state index in [0.29, 0.717) is 0 Å². The molecule has 0 atom stereocenters. The number of hydrogen-bond donors (Lipinski definition) is 0. The van der Waals surface area contributed by atoms with Crippen LogP contribution in [-0.4, -0.2) is 6.71 Å². The Hall–Kier alpha value is -5.02. The quantitative estimate of drug-likeness (QED) is 0.163. The van der Waals surface area contributed by atoms with Gasteiger partial charge >= 0.3 is 0 Å². The number of aryl methyl sites for hydroxylation is 2. The van der Waals surface area contributed by atoms with Crippen LogP contribution in [0.15, 0.2) is 103 Å². The fourth-order valence-electron chi connectivity index (χ4n) is 12.2. The molecule has 0 amide bonds. The molecule has 0 saturated heterocycles. The van der Waals surface area contributed by atoms with E-state index < -0.39 is 0 Å². The van der Waals surface area contributed by atoms with Crippen LogP contribution in [0.3, 0.4) is 0 Å². The molecular formula is C62H73BN2. The Balaban J connectivity index is 1.35. The van der Waals surface area contributed by atoms with Crippen molar-refractivity contribution in [1.29, 1.82) is 0 Å². The molecule has 0 spiro atoms. The van der Waals surface area contributed by atoms with Gasteiger partial charge in [0.15, 0.2) is 0 Å². The van der Waals surface area contributed by atoms with Gasteiger partial charge in [0.25, 0.3) is 6.71 Å². The molecule has 0 fully saturated rings. The molecular weight excluding hydrogens is 784 g/mol. The van der Waals surface area contributed by atoms with Gasteiger partial charge in [0.05, 0.1) is 5.69 Å². The standard InChI is InChI=1S/C62H73BN2/c1-38-30-54-56-55(31-38)65(51-36-46-44(32-39(51)2)59(9,10)26-28-61(46,13)14)52-34-42(58(6,7)8)22-24-48(52)63(56)49-35-45-47(62(15,16)29-27-60(45,11)12)37-53(49)64(54)50-25-23-41(57(3,4)5)33-43(50)40-20-18-17-19-21-40/h17-25,30-37H,26-29H2,1-16H3. The largest absolute Gasteiger partial charge is 0.311 e. The molecule has 6 aromatic carbocycles. The molecule has 6 aromatic rings. The van der Waals surface area contributed by atoms with Gasteiger partial charge in [-0.25, -0.2) is 0 Å². The summed E-state index contributed by atoms with van der Waals surface area (Å²) in [4.78, 5) is 5.40. The number of hydrogen-bond acceptors (Lipinski definition) is 2. The van der Waals surface area contributed by atoms with Crippen molar-refractivity contribution in [2.75, 3.05) is 9.80 Å². The van der Waals surface area contributed by atoms with Gasteiger partial charge in [-0.3, -0.25) is 0 Å². The Bertz CT molecular complexity index is 2930. The Labute approximate surface area is 393 Å². The minimum absolute atomic E-state index is 0.00320. The van der Waals surface area contributed by atoms with Crippen LogP contribution in [0.5, 0.6) is 0 Å². The molecule has 0 N–H and O–H groups in total. The first-order chi connectivity index (χ1) is 30.3. The van der Waals surface area contributed by atoms with Crippen LogP contribution in [0.2, 0.25) is 0 Å². The van der Waals surface area contributed by atoms with Crippen LogP contribution in [0.1, 0.15) is 167 Å². The molecule has 10 rings (SSSR count). The summed E-state index contributed by atoms with van der Waals surface area (Å²) in [5.41, 5.74) is 26.2. The maximum absolute atomic E-state index is 2.70. The van der Waals surface area contributed by atoms with Gasteiger partial charge in [-0.1, -0.05) is 158 Å². The lowest BCUT2D eigenvalue weighted by Crippen LogP contribution is -2.62. The summed E-state index contributed by atoms with van der Waals surface area (Å²) in [6.07, 6.45) is 4.74. The zero-order valence-electron chi connectivity index (χ0n) is 42.6. The normalized spacial score (nSPS) is 18.6. The fourth-order valence-corrected chi connectivity index (χ4v) is 12.2. The van der Waals surface area contributed by atoms with Gasteiger partial charge in [0.2, 0.25) is 0 Å². The number of nitrogens with zero attached hydrogens (tertiary/aromatic N) is 2. The van der Waals surface area contributed by atoms with E-state index >= 15 is 0 Å². The molecule has 0 unspecified atom stereocenters.